The first kappa shape index (κ1) is 16.0. The summed E-state index contributed by atoms with van der Waals surface area (Å²) in [5, 5.41) is 4.44. The van der Waals surface area contributed by atoms with Gasteiger partial charge in [-0.3, -0.25) is 0 Å². The van der Waals surface area contributed by atoms with Crippen molar-refractivity contribution in [2.24, 2.45) is 5.92 Å². The van der Waals surface area contributed by atoms with Gasteiger partial charge < -0.3 is 9.47 Å². The predicted octanol–water partition coefficient (Wildman–Crippen LogP) is 3.63. The van der Waals surface area contributed by atoms with Crippen LogP contribution in [0.3, 0.4) is 0 Å². The van der Waals surface area contributed by atoms with E-state index in [0.29, 0.717) is 12.0 Å². The fraction of sp³-hybridized carbons (Fsp3) is 0.429. The highest BCUT2D eigenvalue weighted by molar-refractivity contribution is 5.91. The monoisotopic (exact) mass is 373 g/mol. The summed E-state index contributed by atoms with van der Waals surface area (Å²) in [6.07, 6.45) is 9.28. The van der Waals surface area contributed by atoms with Gasteiger partial charge in [0.25, 0.3) is 0 Å². The largest absolute Gasteiger partial charge is 0.354 e. The van der Waals surface area contributed by atoms with Gasteiger partial charge in [-0.1, -0.05) is 6.92 Å². The Bertz CT molecular complexity index is 1200. The average molecular weight is 373 g/mol. The standard InChI is InChI=1S/C21H23N7/c1-13-5-7-26(11-13)21-19-17(6-8-27(19)24-12-23-21)15-9-18-20(22-10-15)25-14(2)28(18)16-3-4-16/h6,8-10,12-13,16H,3-5,7,11H2,1-2H3. The predicted molar refractivity (Wildman–Crippen MR) is 109 cm³/mol. The van der Waals surface area contributed by atoms with Crippen LogP contribution in [0.5, 0.6) is 0 Å². The fourth-order valence-electron chi connectivity index (χ4n) is 4.56. The van der Waals surface area contributed by atoms with Crippen LogP contribution >= 0.6 is 0 Å². The zero-order valence-electron chi connectivity index (χ0n) is 16.2. The zero-order valence-corrected chi connectivity index (χ0v) is 16.2. The van der Waals surface area contributed by atoms with Gasteiger partial charge in [0.2, 0.25) is 0 Å². The molecule has 1 aliphatic carbocycles. The highest BCUT2D eigenvalue weighted by Gasteiger charge is 2.28. The van der Waals surface area contributed by atoms with Crippen LogP contribution in [0.4, 0.5) is 5.82 Å². The summed E-state index contributed by atoms with van der Waals surface area (Å²) in [4.78, 5) is 16.4. The van der Waals surface area contributed by atoms with Crippen molar-refractivity contribution in [3.8, 4) is 11.1 Å². The molecule has 1 unspecified atom stereocenters. The van der Waals surface area contributed by atoms with Crippen molar-refractivity contribution in [2.75, 3.05) is 18.0 Å². The lowest BCUT2D eigenvalue weighted by molar-refractivity contribution is 0.658. The molecule has 7 heteroatoms. The van der Waals surface area contributed by atoms with E-state index in [4.69, 9.17) is 0 Å². The quantitative estimate of drug-likeness (QED) is 0.549. The molecule has 0 amide bonds. The van der Waals surface area contributed by atoms with E-state index < -0.39 is 0 Å². The Morgan fingerprint density at radius 3 is 2.82 bits per heavy atom. The molecule has 2 fully saturated rings. The number of hydrogen-bond acceptors (Lipinski definition) is 5. The first-order valence-corrected chi connectivity index (χ1v) is 10.1. The molecule has 1 atom stereocenters. The number of aryl methyl sites for hydroxylation is 1. The molecule has 0 bridgehead atoms. The summed E-state index contributed by atoms with van der Waals surface area (Å²) in [5.41, 5.74) is 5.25. The highest BCUT2D eigenvalue weighted by Crippen LogP contribution is 2.39. The Morgan fingerprint density at radius 1 is 1.14 bits per heavy atom. The van der Waals surface area contributed by atoms with Gasteiger partial charge >= 0.3 is 0 Å². The van der Waals surface area contributed by atoms with Crippen LogP contribution in [-0.4, -0.2) is 42.2 Å². The lowest BCUT2D eigenvalue weighted by atomic mass is 10.1. The van der Waals surface area contributed by atoms with Crippen molar-refractivity contribution in [3.05, 3.63) is 36.7 Å². The molecule has 4 aromatic heterocycles. The number of fused-ring (bicyclic) bond motifs is 2. The minimum atomic E-state index is 0.581. The van der Waals surface area contributed by atoms with Crippen LogP contribution in [0.1, 0.15) is 38.1 Å². The molecule has 0 spiro atoms. The van der Waals surface area contributed by atoms with Crippen LogP contribution in [-0.2, 0) is 0 Å². The van der Waals surface area contributed by atoms with Crippen LogP contribution in [0.25, 0.3) is 27.8 Å². The number of anilines is 1. The maximum atomic E-state index is 4.68. The topological polar surface area (TPSA) is 64.1 Å². The highest BCUT2D eigenvalue weighted by atomic mass is 15.3. The van der Waals surface area contributed by atoms with Gasteiger partial charge in [-0.2, -0.15) is 5.10 Å². The third-order valence-electron chi connectivity index (χ3n) is 6.10. The van der Waals surface area contributed by atoms with Gasteiger partial charge in [-0.15, -0.1) is 0 Å². The van der Waals surface area contributed by atoms with Crippen molar-refractivity contribution in [1.82, 2.24) is 29.1 Å². The maximum absolute atomic E-state index is 4.68. The molecule has 1 saturated heterocycles. The Morgan fingerprint density at radius 2 is 2.04 bits per heavy atom. The van der Waals surface area contributed by atoms with Crippen LogP contribution < -0.4 is 4.90 Å². The van der Waals surface area contributed by atoms with E-state index >= 15 is 0 Å². The number of hydrogen-bond donors (Lipinski definition) is 0. The molecule has 28 heavy (non-hydrogen) atoms. The Kier molecular flexibility index (Phi) is 3.30. The van der Waals surface area contributed by atoms with Gasteiger partial charge in [0.15, 0.2) is 11.5 Å². The third-order valence-corrected chi connectivity index (χ3v) is 6.10. The average Bonchev–Trinajstić information content (AvgIpc) is 3.13. The molecule has 0 radical (unpaired) electrons. The number of pyridine rings is 1. The van der Waals surface area contributed by atoms with E-state index in [2.05, 4.69) is 55.5 Å². The second-order valence-electron chi connectivity index (χ2n) is 8.27. The number of rotatable bonds is 3. The lowest BCUT2D eigenvalue weighted by Gasteiger charge is -2.18. The van der Waals surface area contributed by atoms with Crippen molar-refractivity contribution >= 4 is 22.5 Å². The molecule has 0 aromatic carbocycles. The van der Waals surface area contributed by atoms with Gasteiger partial charge in [0.1, 0.15) is 17.7 Å². The number of aromatic nitrogens is 6. The van der Waals surface area contributed by atoms with Gasteiger partial charge in [-0.05, 0) is 44.2 Å². The number of nitrogens with zero attached hydrogens (tertiary/aromatic N) is 7. The molecular weight excluding hydrogens is 350 g/mol. The van der Waals surface area contributed by atoms with Crippen LogP contribution in [0.15, 0.2) is 30.9 Å². The summed E-state index contributed by atoms with van der Waals surface area (Å²) in [7, 11) is 0. The third kappa shape index (κ3) is 2.35. The first-order chi connectivity index (χ1) is 13.7. The molecule has 1 aliphatic heterocycles. The molecule has 4 aromatic rings. The Balaban J connectivity index is 1.54. The number of imidazole rings is 1. The van der Waals surface area contributed by atoms with E-state index in [1.54, 1.807) is 6.33 Å². The molecule has 6 rings (SSSR count). The second kappa shape index (κ2) is 5.77. The molecule has 7 nitrogen and oxygen atoms in total. The Labute approximate surface area is 163 Å². The molecule has 142 valence electrons. The molecular formula is C21H23N7. The summed E-state index contributed by atoms with van der Waals surface area (Å²) in [6.45, 7) is 6.47. The molecule has 5 heterocycles. The van der Waals surface area contributed by atoms with Crippen molar-refractivity contribution < 1.29 is 0 Å². The minimum Gasteiger partial charge on any atom is -0.354 e. The SMILES string of the molecule is Cc1nc2ncc(-c3ccn4ncnc(N5CCC(C)C5)c34)cc2n1C1CC1. The van der Waals surface area contributed by atoms with E-state index in [-0.39, 0.29) is 0 Å². The fourth-order valence-corrected chi connectivity index (χ4v) is 4.56. The van der Waals surface area contributed by atoms with E-state index in [9.17, 15) is 0 Å². The smallest absolute Gasteiger partial charge is 0.177 e. The second-order valence-corrected chi connectivity index (χ2v) is 8.27. The van der Waals surface area contributed by atoms with Gasteiger partial charge in [0, 0.05) is 42.7 Å². The van der Waals surface area contributed by atoms with Crippen molar-refractivity contribution in [1.29, 1.82) is 0 Å². The van der Waals surface area contributed by atoms with E-state index in [0.717, 1.165) is 52.5 Å². The Hall–Kier alpha value is -2.96. The summed E-state index contributed by atoms with van der Waals surface area (Å²) >= 11 is 0. The van der Waals surface area contributed by atoms with Crippen molar-refractivity contribution in [2.45, 2.75) is 39.2 Å². The molecule has 2 aliphatic rings. The normalized spacial score (nSPS) is 19.9. The van der Waals surface area contributed by atoms with Crippen molar-refractivity contribution in [3.63, 3.8) is 0 Å². The van der Waals surface area contributed by atoms with Gasteiger partial charge in [0.05, 0.1) is 5.52 Å². The van der Waals surface area contributed by atoms with Crippen LogP contribution in [0, 0.1) is 12.8 Å². The lowest BCUT2D eigenvalue weighted by Crippen LogP contribution is -2.21. The summed E-state index contributed by atoms with van der Waals surface area (Å²) < 4.78 is 4.29. The summed E-state index contributed by atoms with van der Waals surface area (Å²) in [6, 6.07) is 4.94. The first-order valence-electron chi connectivity index (χ1n) is 10.1. The van der Waals surface area contributed by atoms with E-state index in [1.807, 2.05) is 16.9 Å². The van der Waals surface area contributed by atoms with Gasteiger partial charge in [-0.25, -0.2) is 19.5 Å². The molecule has 1 saturated carbocycles. The summed E-state index contributed by atoms with van der Waals surface area (Å²) in [5.74, 6) is 2.77. The zero-order chi connectivity index (χ0) is 18.8. The van der Waals surface area contributed by atoms with Crippen LogP contribution in [0.2, 0.25) is 0 Å². The molecule has 0 N–H and O–H groups in total. The van der Waals surface area contributed by atoms with E-state index in [1.165, 1.54) is 19.3 Å². The minimum absolute atomic E-state index is 0.581. The maximum Gasteiger partial charge on any atom is 0.177 e.